The van der Waals surface area contributed by atoms with Crippen molar-refractivity contribution in [3.8, 4) is 22.4 Å². The van der Waals surface area contributed by atoms with Gasteiger partial charge >= 0.3 is 5.97 Å². The first-order valence-corrected chi connectivity index (χ1v) is 21.4. The number of benzene rings is 4. The fraction of sp³-hybridized carbons (Fsp3) is 0.273. The van der Waals surface area contributed by atoms with Crippen LogP contribution in [-0.4, -0.2) is 43.2 Å². The summed E-state index contributed by atoms with van der Waals surface area (Å²) in [5.74, 6) is -1.28. The molecule has 0 aliphatic rings. The Morgan fingerprint density at radius 1 is 0.868 bits per heavy atom. The predicted molar refractivity (Wildman–Crippen MR) is 217 cm³/mol. The van der Waals surface area contributed by atoms with Gasteiger partial charge in [0.25, 0.3) is 8.32 Å². The summed E-state index contributed by atoms with van der Waals surface area (Å²) in [5, 5.41) is 11.6. The van der Waals surface area contributed by atoms with E-state index in [0.29, 0.717) is 0 Å². The number of pyridine rings is 1. The molecule has 1 aromatic heterocycles. The smallest absolute Gasteiger partial charge is 0.305 e. The van der Waals surface area contributed by atoms with Crippen LogP contribution in [0.2, 0.25) is 5.04 Å². The average molecular weight is 750 g/mol. The van der Waals surface area contributed by atoms with Crippen molar-refractivity contribution in [2.45, 2.75) is 65.0 Å². The van der Waals surface area contributed by atoms with Gasteiger partial charge in [-0.2, -0.15) is 0 Å². The first kappa shape index (κ1) is 39.7. The zero-order chi connectivity index (χ0) is 38.2. The Morgan fingerprint density at radius 2 is 1.42 bits per heavy atom. The highest BCUT2D eigenvalue weighted by Gasteiger charge is 2.51. The summed E-state index contributed by atoms with van der Waals surface area (Å²) >= 11 is 0. The van der Waals surface area contributed by atoms with Gasteiger partial charge in [-0.1, -0.05) is 150 Å². The monoisotopic (exact) mass is 749 g/mol. The lowest BCUT2D eigenvalue weighted by Crippen LogP contribution is -2.68. The van der Waals surface area contributed by atoms with Gasteiger partial charge < -0.3 is 14.1 Å². The zero-order valence-electron chi connectivity index (χ0n) is 31.3. The number of halogens is 1. The second kappa shape index (κ2) is 17.6. The summed E-state index contributed by atoms with van der Waals surface area (Å²) in [6, 6.07) is 36.4. The maximum atomic E-state index is 14.1. The maximum absolute atomic E-state index is 14.1. The highest BCUT2D eigenvalue weighted by atomic mass is 31.1. The molecule has 0 aliphatic heterocycles. The van der Waals surface area contributed by atoms with Crippen LogP contribution in [0, 0.1) is 12.7 Å². The van der Waals surface area contributed by atoms with E-state index in [0.717, 1.165) is 49.6 Å². The van der Waals surface area contributed by atoms with Gasteiger partial charge in [-0.3, -0.25) is 14.3 Å². The lowest BCUT2D eigenvalue weighted by Gasteiger charge is -2.45. The molecule has 5 aromatic rings. The molecule has 0 amide bonds. The number of nitrogens with zero attached hydrogens (tertiary/aromatic N) is 1. The number of aromatic nitrogens is 1. The van der Waals surface area contributed by atoms with Gasteiger partial charge in [0, 0.05) is 17.3 Å². The minimum absolute atomic E-state index is 0.0384. The van der Waals surface area contributed by atoms with Crippen LogP contribution in [0.1, 0.15) is 63.8 Å². The van der Waals surface area contributed by atoms with Crippen molar-refractivity contribution in [1.29, 1.82) is 0 Å². The van der Waals surface area contributed by atoms with Gasteiger partial charge in [0.05, 0.1) is 30.5 Å². The van der Waals surface area contributed by atoms with Crippen LogP contribution in [-0.2, 0) is 18.3 Å². The molecule has 0 saturated heterocycles. The van der Waals surface area contributed by atoms with Gasteiger partial charge in [-0.05, 0) is 57.1 Å². The fourth-order valence-corrected chi connectivity index (χ4v) is 12.9. The molecule has 6 nitrogen and oxygen atoms in total. The van der Waals surface area contributed by atoms with E-state index < -0.39 is 28.4 Å². The summed E-state index contributed by atoms with van der Waals surface area (Å²) in [7, 11) is -5.84. The Morgan fingerprint density at radius 3 is 1.92 bits per heavy atom. The van der Waals surface area contributed by atoms with Gasteiger partial charge in [-0.25, -0.2) is 4.39 Å². The van der Waals surface area contributed by atoms with E-state index in [1.54, 1.807) is 12.1 Å². The molecule has 5 rings (SSSR count). The minimum atomic E-state index is -3.11. The number of carbonyl (C=O) groups is 1. The summed E-state index contributed by atoms with van der Waals surface area (Å²) in [6.07, 6.45) is 2.56. The topological polar surface area (TPSA) is 85.7 Å². The second-order valence-corrected chi connectivity index (χ2v) is 20.3. The van der Waals surface area contributed by atoms with E-state index in [1.165, 1.54) is 12.1 Å². The lowest BCUT2D eigenvalue weighted by molar-refractivity contribution is -0.138. The van der Waals surface area contributed by atoms with Gasteiger partial charge in [-0.15, -0.1) is 0 Å². The van der Waals surface area contributed by atoms with Crippen molar-refractivity contribution in [2.75, 3.05) is 12.8 Å². The standard InChI is InChI=1S/C44H49FNO5PSi/c1-31(2)42-39(41(33-24-26-35(45)27-25-33)32(3)43(46-42)34-17-10-7-11-18-34)23-16-28-50-52(49)30-36(29-40(47)48)51-53(44(4,5)6,37-19-12-8-13-20-37)38-21-14-9-15-22-38/h7-27,31,36,52H,28-30H2,1-6H3,(H,47,48)/t36-/m0/s1. The fourth-order valence-electron chi connectivity index (χ4n) is 7.03. The normalized spacial score (nSPS) is 13.4. The molecule has 0 spiro atoms. The Balaban J connectivity index is 1.44. The SMILES string of the molecule is Cc1c(-c2ccccc2)nc(C(C)C)c(C=CCO[PH](=O)C[C@H](CC(=O)O)O[Si](c2ccccc2)(c2ccccc2)C(C)(C)C)c1-c1ccc(F)cc1. The Labute approximate surface area is 314 Å². The molecule has 4 aromatic carbocycles. The number of rotatable bonds is 15. The van der Waals surface area contributed by atoms with Crippen molar-refractivity contribution in [3.05, 3.63) is 144 Å². The maximum Gasteiger partial charge on any atom is 0.305 e. The van der Waals surface area contributed by atoms with E-state index in [-0.39, 0.29) is 36.0 Å². The molecule has 0 fully saturated rings. The van der Waals surface area contributed by atoms with Crippen molar-refractivity contribution < 1.29 is 27.8 Å². The van der Waals surface area contributed by atoms with E-state index in [1.807, 2.05) is 110 Å². The molecule has 9 heteroatoms. The van der Waals surface area contributed by atoms with Crippen LogP contribution in [0.3, 0.4) is 0 Å². The molecule has 0 aliphatic carbocycles. The number of hydrogen-bond acceptors (Lipinski definition) is 5. The summed E-state index contributed by atoms with van der Waals surface area (Å²) in [4.78, 5) is 17.3. The minimum Gasteiger partial charge on any atom is -0.481 e. The van der Waals surface area contributed by atoms with Crippen molar-refractivity contribution in [3.63, 3.8) is 0 Å². The summed E-state index contributed by atoms with van der Waals surface area (Å²) < 4.78 is 40.6. The van der Waals surface area contributed by atoms with Crippen LogP contribution < -0.4 is 10.4 Å². The molecule has 2 atom stereocenters. The number of hydrogen-bond donors (Lipinski definition) is 1. The van der Waals surface area contributed by atoms with E-state index in [2.05, 4.69) is 34.6 Å². The molecule has 1 unspecified atom stereocenters. The average Bonchev–Trinajstić information content (AvgIpc) is 3.13. The molecule has 1 N–H and O–H groups in total. The van der Waals surface area contributed by atoms with Crippen LogP contribution in [0.5, 0.6) is 0 Å². The third kappa shape index (κ3) is 9.38. The molecule has 0 saturated carbocycles. The second-order valence-electron chi connectivity index (χ2n) is 14.6. The Kier molecular flexibility index (Phi) is 13.2. The quantitative estimate of drug-likeness (QED) is 0.0848. The largest absolute Gasteiger partial charge is 0.481 e. The van der Waals surface area contributed by atoms with Gasteiger partial charge in [0.2, 0.25) is 0 Å². The Hall–Kier alpha value is -4.46. The van der Waals surface area contributed by atoms with Crippen molar-refractivity contribution in [1.82, 2.24) is 4.98 Å². The highest BCUT2D eigenvalue weighted by molar-refractivity contribution is 7.39. The highest BCUT2D eigenvalue weighted by Crippen LogP contribution is 2.40. The molecule has 276 valence electrons. The van der Waals surface area contributed by atoms with Gasteiger partial charge in [0.15, 0.2) is 8.03 Å². The van der Waals surface area contributed by atoms with E-state index >= 15 is 0 Å². The molecule has 1 heterocycles. The van der Waals surface area contributed by atoms with Crippen LogP contribution in [0.25, 0.3) is 28.5 Å². The molecule has 0 bridgehead atoms. The zero-order valence-corrected chi connectivity index (χ0v) is 33.3. The van der Waals surface area contributed by atoms with Crippen LogP contribution in [0.15, 0.2) is 121 Å². The van der Waals surface area contributed by atoms with E-state index in [4.69, 9.17) is 13.9 Å². The third-order valence-electron chi connectivity index (χ3n) is 9.42. The third-order valence-corrected chi connectivity index (χ3v) is 15.8. The summed E-state index contributed by atoms with van der Waals surface area (Å²) in [6.45, 7) is 12.6. The predicted octanol–water partition coefficient (Wildman–Crippen LogP) is 9.91. The molecule has 0 radical (unpaired) electrons. The number of carboxylic acids is 1. The number of aliphatic carboxylic acids is 1. The lowest BCUT2D eigenvalue weighted by atomic mass is 9.88. The molecule has 53 heavy (non-hydrogen) atoms. The van der Waals surface area contributed by atoms with Crippen molar-refractivity contribution >= 4 is 38.8 Å². The molecular formula is C44H49FNO5PSi. The van der Waals surface area contributed by atoms with Crippen LogP contribution in [0.4, 0.5) is 4.39 Å². The van der Waals surface area contributed by atoms with Crippen molar-refractivity contribution in [2.24, 2.45) is 0 Å². The first-order chi connectivity index (χ1) is 25.3. The summed E-state index contributed by atoms with van der Waals surface area (Å²) in [5.41, 5.74) is 6.35. The Bertz CT molecular complexity index is 1990. The van der Waals surface area contributed by atoms with Gasteiger partial charge in [0.1, 0.15) is 5.82 Å². The van der Waals surface area contributed by atoms with Crippen LogP contribution >= 0.6 is 8.03 Å². The number of carboxylic acid groups (broad SMARTS) is 1. The molecular weight excluding hydrogens is 701 g/mol. The van der Waals surface area contributed by atoms with E-state index in [9.17, 15) is 18.9 Å². The first-order valence-electron chi connectivity index (χ1n) is 18.0.